The minimum Gasteiger partial charge on any atom is -0.310 e. The summed E-state index contributed by atoms with van der Waals surface area (Å²) in [6.45, 7) is 9.54. The monoisotopic (exact) mass is 679 g/mol. The Labute approximate surface area is 312 Å². The van der Waals surface area contributed by atoms with Crippen LogP contribution in [0.1, 0.15) is 49.9 Å². The van der Waals surface area contributed by atoms with E-state index in [-0.39, 0.29) is 10.8 Å². The topological polar surface area (TPSA) is 3.24 Å². The fraction of sp³-hybridized carbons (Fsp3) is 0.115. The predicted molar refractivity (Wildman–Crippen MR) is 225 cm³/mol. The number of nitrogens with zero attached hydrogens (tertiary/aromatic N) is 1. The molecular weight excluding hydrogens is 639 g/mol. The largest absolute Gasteiger partial charge is 0.310 e. The Kier molecular flexibility index (Phi) is 6.94. The molecule has 10 rings (SSSR count). The van der Waals surface area contributed by atoms with Gasteiger partial charge in [0.05, 0.1) is 0 Å². The van der Waals surface area contributed by atoms with Crippen molar-refractivity contribution in [3.63, 3.8) is 0 Å². The molecule has 0 unspecified atom stereocenters. The maximum atomic E-state index is 2.46. The lowest BCUT2D eigenvalue weighted by atomic mass is 9.79. The predicted octanol–water partition coefficient (Wildman–Crippen LogP) is 14.3. The van der Waals surface area contributed by atoms with Crippen LogP contribution in [0.5, 0.6) is 0 Å². The van der Waals surface area contributed by atoms with Crippen LogP contribution in [0.2, 0.25) is 0 Å². The van der Waals surface area contributed by atoms with E-state index in [4.69, 9.17) is 0 Å². The number of rotatable bonds is 5. The average molecular weight is 680 g/mol. The first kappa shape index (κ1) is 31.5. The van der Waals surface area contributed by atoms with Crippen LogP contribution in [0, 0.1) is 0 Å². The molecule has 1 heteroatoms. The molecule has 1 nitrogen and oxygen atoms in total. The Hall–Kier alpha value is -6.18. The van der Waals surface area contributed by atoms with E-state index < -0.39 is 0 Å². The molecule has 0 fully saturated rings. The van der Waals surface area contributed by atoms with Crippen LogP contribution in [0.15, 0.2) is 176 Å². The molecule has 254 valence electrons. The van der Waals surface area contributed by atoms with Gasteiger partial charge in [-0.1, -0.05) is 161 Å². The number of hydrogen-bond donors (Lipinski definition) is 0. The number of hydrogen-bond acceptors (Lipinski definition) is 1. The molecule has 0 radical (unpaired) electrons. The summed E-state index contributed by atoms with van der Waals surface area (Å²) in [6, 6.07) is 65.2. The Morgan fingerprint density at radius 3 is 1.49 bits per heavy atom. The van der Waals surface area contributed by atoms with E-state index in [1.807, 2.05) is 0 Å². The van der Waals surface area contributed by atoms with Crippen molar-refractivity contribution >= 4 is 27.8 Å². The summed E-state index contributed by atoms with van der Waals surface area (Å²) < 4.78 is 0. The minimum atomic E-state index is -0.195. The Bertz CT molecular complexity index is 2700. The van der Waals surface area contributed by atoms with Crippen molar-refractivity contribution < 1.29 is 0 Å². The van der Waals surface area contributed by atoms with Gasteiger partial charge in [-0.05, 0) is 120 Å². The van der Waals surface area contributed by atoms with Crippen molar-refractivity contribution in [1.29, 1.82) is 0 Å². The van der Waals surface area contributed by atoms with Crippen LogP contribution in [0.4, 0.5) is 17.1 Å². The molecule has 0 saturated carbocycles. The van der Waals surface area contributed by atoms with Crippen molar-refractivity contribution in [2.24, 2.45) is 0 Å². The molecule has 0 atom stereocenters. The molecule has 8 aromatic rings. The molecular formula is C52H41N. The lowest BCUT2D eigenvalue weighted by Gasteiger charge is -2.30. The zero-order chi connectivity index (χ0) is 35.9. The van der Waals surface area contributed by atoms with Gasteiger partial charge in [-0.15, -0.1) is 0 Å². The van der Waals surface area contributed by atoms with Crippen LogP contribution < -0.4 is 4.90 Å². The van der Waals surface area contributed by atoms with Crippen LogP contribution in [-0.2, 0) is 10.8 Å². The second kappa shape index (κ2) is 11.7. The van der Waals surface area contributed by atoms with E-state index in [0.29, 0.717) is 0 Å². The smallest absolute Gasteiger partial charge is 0.0465 e. The van der Waals surface area contributed by atoms with E-state index in [2.05, 4.69) is 209 Å². The average Bonchev–Trinajstić information content (AvgIpc) is 3.57. The molecule has 2 aliphatic carbocycles. The van der Waals surface area contributed by atoms with Gasteiger partial charge in [0.1, 0.15) is 0 Å². The molecule has 0 heterocycles. The number of benzene rings is 8. The Morgan fingerprint density at radius 2 is 0.811 bits per heavy atom. The molecule has 0 aliphatic heterocycles. The molecule has 0 amide bonds. The summed E-state index contributed by atoms with van der Waals surface area (Å²) >= 11 is 0. The van der Waals surface area contributed by atoms with Crippen LogP contribution in [0.3, 0.4) is 0 Å². The molecule has 0 spiro atoms. The van der Waals surface area contributed by atoms with Crippen molar-refractivity contribution in [3.8, 4) is 44.5 Å². The van der Waals surface area contributed by atoms with Crippen molar-refractivity contribution in [3.05, 3.63) is 198 Å². The highest BCUT2D eigenvalue weighted by Gasteiger charge is 2.39. The summed E-state index contributed by atoms with van der Waals surface area (Å²) in [5.41, 5.74) is 19.0. The molecule has 2 aliphatic rings. The first-order valence-corrected chi connectivity index (χ1v) is 18.8. The van der Waals surface area contributed by atoms with Crippen LogP contribution >= 0.6 is 0 Å². The van der Waals surface area contributed by atoms with Crippen molar-refractivity contribution in [1.82, 2.24) is 0 Å². The summed E-state index contributed by atoms with van der Waals surface area (Å²) in [5, 5.41) is 2.64. The third-order valence-corrected chi connectivity index (χ3v) is 12.0. The molecule has 8 aromatic carbocycles. The van der Waals surface area contributed by atoms with Gasteiger partial charge in [0.25, 0.3) is 0 Å². The normalized spacial score (nSPS) is 14.3. The highest BCUT2D eigenvalue weighted by molar-refractivity contribution is 6.06. The van der Waals surface area contributed by atoms with E-state index in [1.165, 1.54) is 83.2 Å². The number of fused-ring (bicyclic) bond motifs is 8. The summed E-state index contributed by atoms with van der Waals surface area (Å²) in [4.78, 5) is 2.46. The molecule has 0 bridgehead atoms. The zero-order valence-electron chi connectivity index (χ0n) is 30.7. The fourth-order valence-corrected chi connectivity index (χ4v) is 9.39. The second-order valence-electron chi connectivity index (χ2n) is 15.8. The molecule has 0 aromatic heterocycles. The Morgan fingerprint density at radius 1 is 0.321 bits per heavy atom. The molecule has 53 heavy (non-hydrogen) atoms. The van der Waals surface area contributed by atoms with Gasteiger partial charge < -0.3 is 4.90 Å². The Balaban J connectivity index is 1.16. The highest BCUT2D eigenvalue weighted by atomic mass is 15.1. The van der Waals surface area contributed by atoms with Crippen molar-refractivity contribution in [2.75, 3.05) is 4.90 Å². The lowest BCUT2D eigenvalue weighted by molar-refractivity contribution is 0.660. The minimum absolute atomic E-state index is 0.0934. The van der Waals surface area contributed by atoms with E-state index in [9.17, 15) is 0 Å². The van der Waals surface area contributed by atoms with Crippen molar-refractivity contribution in [2.45, 2.75) is 38.5 Å². The molecule has 0 saturated heterocycles. The van der Waals surface area contributed by atoms with E-state index in [1.54, 1.807) is 0 Å². The summed E-state index contributed by atoms with van der Waals surface area (Å²) in [6.07, 6.45) is 0. The van der Waals surface area contributed by atoms with Gasteiger partial charge in [-0.25, -0.2) is 0 Å². The van der Waals surface area contributed by atoms with Gasteiger partial charge in [0, 0.05) is 27.9 Å². The van der Waals surface area contributed by atoms with Crippen LogP contribution in [-0.4, -0.2) is 0 Å². The number of anilines is 3. The van der Waals surface area contributed by atoms with Crippen LogP contribution in [0.25, 0.3) is 55.3 Å². The van der Waals surface area contributed by atoms with E-state index in [0.717, 1.165) is 11.4 Å². The van der Waals surface area contributed by atoms with Gasteiger partial charge in [0.2, 0.25) is 0 Å². The maximum absolute atomic E-state index is 2.46. The second-order valence-corrected chi connectivity index (χ2v) is 15.8. The van der Waals surface area contributed by atoms with Gasteiger partial charge >= 0.3 is 0 Å². The van der Waals surface area contributed by atoms with Gasteiger partial charge in [-0.3, -0.25) is 0 Å². The maximum Gasteiger partial charge on any atom is 0.0465 e. The first-order chi connectivity index (χ1) is 25.8. The summed E-state index contributed by atoms with van der Waals surface area (Å²) in [5.74, 6) is 0. The zero-order valence-corrected chi connectivity index (χ0v) is 30.7. The van der Waals surface area contributed by atoms with E-state index >= 15 is 0 Å². The lowest BCUT2D eigenvalue weighted by Crippen LogP contribution is -2.18. The third kappa shape index (κ3) is 4.77. The van der Waals surface area contributed by atoms with Gasteiger partial charge in [0.15, 0.2) is 0 Å². The quantitative estimate of drug-likeness (QED) is 0.175. The fourth-order valence-electron chi connectivity index (χ4n) is 9.39. The third-order valence-electron chi connectivity index (χ3n) is 12.0. The summed E-state index contributed by atoms with van der Waals surface area (Å²) in [7, 11) is 0. The first-order valence-electron chi connectivity index (χ1n) is 18.8. The SMILES string of the molecule is CC1(C)c2ccccc2-c2ccc(N(c3ccc(-c4ccccc4)cc3)c3ccc4c(c3)C(C)(C)c3c-4cc(-c4ccccc4)c4ccccc34)cc21. The highest BCUT2D eigenvalue weighted by Crippen LogP contribution is 2.55. The molecule has 0 N–H and O–H groups in total. The standard InChI is InChI=1S/C52H41N/c1-51(2)47-22-14-13-20-41(47)42-29-27-38(31-48(42)51)53(37-25-23-35(24-26-37)34-15-7-5-8-16-34)39-28-30-43-46-33-45(36-17-9-6-10-18-36)40-19-11-12-21-44(40)50(46)52(3,4)49(43)32-39/h5-33H,1-4H3. The van der Waals surface area contributed by atoms with Gasteiger partial charge in [-0.2, -0.15) is 0 Å².